The van der Waals surface area contributed by atoms with Crippen molar-refractivity contribution in [1.29, 1.82) is 0 Å². The minimum atomic E-state index is -0.626. The number of carbonyl (C=O) groups excluding carboxylic acids is 2. The van der Waals surface area contributed by atoms with Gasteiger partial charge in [0.15, 0.2) is 0 Å². The molecule has 0 saturated carbocycles. The zero-order chi connectivity index (χ0) is 20.5. The number of benzene rings is 1. The van der Waals surface area contributed by atoms with Crippen LogP contribution in [0.5, 0.6) is 5.75 Å². The summed E-state index contributed by atoms with van der Waals surface area (Å²) in [6.07, 6.45) is 4.69. The van der Waals surface area contributed by atoms with E-state index in [0.29, 0.717) is 25.7 Å². The molecule has 1 saturated heterocycles. The van der Waals surface area contributed by atoms with Gasteiger partial charge < -0.3 is 25.0 Å². The minimum Gasteiger partial charge on any atom is -0.507 e. The van der Waals surface area contributed by atoms with Crippen molar-refractivity contribution in [3.05, 3.63) is 42.1 Å². The third-order valence-electron chi connectivity index (χ3n) is 4.64. The molecule has 7 heteroatoms. The molecule has 1 aromatic rings. The molecular formula is C21H29NO6. The van der Waals surface area contributed by atoms with Gasteiger partial charge in [0.1, 0.15) is 17.4 Å². The maximum absolute atomic E-state index is 12.5. The Bertz CT molecular complexity index is 689. The molecule has 7 nitrogen and oxygen atoms in total. The lowest BCUT2D eigenvalue weighted by Crippen LogP contribution is -2.38. The number of phenolic OH excluding ortho intramolecular Hbond substituents is 1. The van der Waals surface area contributed by atoms with Crippen LogP contribution < -0.4 is 5.32 Å². The van der Waals surface area contributed by atoms with Crippen LogP contribution in [0.1, 0.15) is 56.3 Å². The van der Waals surface area contributed by atoms with Crippen LogP contribution in [-0.4, -0.2) is 46.5 Å². The molecule has 1 amide bonds. The highest BCUT2D eigenvalue weighted by molar-refractivity contribution is 5.92. The largest absolute Gasteiger partial charge is 0.507 e. The Kier molecular flexibility index (Phi) is 8.47. The Balaban J connectivity index is 2.05. The Labute approximate surface area is 165 Å². The fraction of sp³-hybridized carbons (Fsp3) is 0.524. The summed E-state index contributed by atoms with van der Waals surface area (Å²) >= 11 is 0. The number of amides is 1. The highest BCUT2D eigenvalue weighted by Gasteiger charge is 2.30. The first-order valence-corrected chi connectivity index (χ1v) is 9.63. The average molecular weight is 391 g/mol. The van der Waals surface area contributed by atoms with Gasteiger partial charge in [-0.25, -0.2) is 4.79 Å². The molecule has 4 atom stereocenters. The van der Waals surface area contributed by atoms with Gasteiger partial charge in [-0.15, -0.1) is 0 Å². The van der Waals surface area contributed by atoms with Gasteiger partial charge in [0.25, 0.3) is 0 Å². The smallest absolute Gasteiger partial charge is 0.342 e. The summed E-state index contributed by atoms with van der Waals surface area (Å²) in [5, 5.41) is 22.5. The number of rotatable bonds is 8. The molecule has 0 aromatic heterocycles. The minimum absolute atomic E-state index is 0.0156. The quantitative estimate of drug-likeness (QED) is 0.589. The Morgan fingerprint density at radius 3 is 2.71 bits per heavy atom. The van der Waals surface area contributed by atoms with Crippen LogP contribution >= 0.6 is 0 Å². The molecule has 1 aromatic carbocycles. The number of phenols is 1. The molecule has 1 unspecified atom stereocenters. The van der Waals surface area contributed by atoms with E-state index in [-0.39, 0.29) is 29.4 Å². The zero-order valence-corrected chi connectivity index (χ0v) is 16.3. The average Bonchev–Trinajstić information content (AvgIpc) is 2.64. The van der Waals surface area contributed by atoms with Crippen LogP contribution in [0.3, 0.4) is 0 Å². The SMILES string of the molecule is CC[C@H]1C[C@H](O)C[C@H](CC(C/C=C/NC(C)=O)OC(=O)c2ccccc2O)O1. The van der Waals surface area contributed by atoms with Gasteiger partial charge in [0, 0.05) is 19.8 Å². The van der Waals surface area contributed by atoms with Crippen molar-refractivity contribution in [1.82, 2.24) is 5.32 Å². The van der Waals surface area contributed by atoms with Gasteiger partial charge in [0.2, 0.25) is 5.91 Å². The monoisotopic (exact) mass is 391 g/mol. The van der Waals surface area contributed by atoms with Crippen LogP contribution in [-0.2, 0) is 14.3 Å². The molecule has 3 N–H and O–H groups in total. The third kappa shape index (κ3) is 6.98. The number of para-hydroxylation sites is 1. The Hall–Kier alpha value is -2.38. The number of esters is 1. The molecule has 0 radical (unpaired) electrons. The van der Waals surface area contributed by atoms with E-state index in [4.69, 9.17) is 9.47 Å². The maximum atomic E-state index is 12.5. The van der Waals surface area contributed by atoms with Crippen molar-refractivity contribution in [2.24, 2.45) is 0 Å². The second-order valence-corrected chi connectivity index (χ2v) is 7.03. The Morgan fingerprint density at radius 2 is 2.04 bits per heavy atom. The fourth-order valence-electron chi connectivity index (χ4n) is 3.24. The van der Waals surface area contributed by atoms with Crippen molar-refractivity contribution < 1.29 is 29.3 Å². The number of hydrogen-bond acceptors (Lipinski definition) is 6. The molecule has 0 bridgehead atoms. The van der Waals surface area contributed by atoms with Gasteiger partial charge >= 0.3 is 5.97 Å². The van der Waals surface area contributed by atoms with Crippen LogP contribution in [0, 0.1) is 0 Å². The fourth-order valence-corrected chi connectivity index (χ4v) is 3.24. The topological polar surface area (TPSA) is 105 Å². The van der Waals surface area contributed by atoms with E-state index in [0.717, 1.165) is 6.42 Å². The molecule has 1 aliphatic rings. The predicted molar refractivity (Wildman–Crippen MR) is 104 cm³/mol. The molecule has 154 valence electrons. The summed E-state index contributed by atoms with van der Waals surface area (Å²) < 4.78 is 11.6. The van der Waals surface area contributed by atoms with Crippen molar-refractivity contribution in [2.75, 3.05) is 0 Å². The Morgan fingerprint density at radius 1 is 1.32 bits per heavy atom. The molecule has 1 aliphatic heterocycles. The van der Waals surface area contributed by atoms with E-state index in [1.54, 1.807) is 18.2 Å². The first-order chi connectivity index (χ1) is 13.4. The van der Waals surface area contributed by atoms with Crippen molar-refractivity contribution in [3.63, 3.8) is 0 Å². The van der Waals surface area contributed by atoms with E-state index < -0.39 is 18.2 Å². The summed E-state index contributed by atoms with van der Waals surface area (Å²) in [5.41, 5.74) is 0.0920. The van der Waals surface area contributed by atoms with Crippen molar-refractivity contribution in [3.8, 4) is 5.75 Å². The normalized spacial score (nSPS) is 23.3. The van der Waals surface area contributed by atoms with Crippen LogP contribution in [0.25, 0.3) is 0 Å². The van der Waals surface area contributed by atoms with Gasteiger partial charge in [-0.05, 0) is 37.6 Å². The summed E-state index contributed by atoms with van der Waals surface area (Å²) in [5.74, 6) is -0.960. The molecule has 0 spiro atoms. The third-order valence-corrected chi connectivity index (χ3v) is 4.64. The van der Waals surface area contributed by atoms with E-state index in [9.17, 15) is 19.8 Å². The lowest BCUT2D eigenvalue weighted by atomic mass is 9.95. The summed E-state index contributed by atoms with van der Waals surface area (Å²) in [6.45, 7) is 3.41. The summed E-state index contributed by atoms with van der Waals surface area (Å²) in [6, 6.07) is 6.20. The van der Waals surface area contributed by atoms with E-state index in [1.807, 2.05) is 6.92 Å². The molecule has 1 fully saturated rings. The molecule has 1 heterocycles. The standard InChI is InChI=1S/C21H29NO6/c1-3-16-11-15(24)12-18(27-16)13-17(7-6-10-22-14(2)23)28-21(26)19-8-4-5-9-20(19)25/h4-6,8-10,15-18,24-25H,3,7,11-13H2,1-2H3,(H,22,23)/b10-6+/t15-,16-,17?,18+/m0/s1. The van der Waals surface area contributed by atoms with Crippen LogP contribution in [0.4, 0.5) is 0 Å². The van der Waals surface area contributed by atoms with Gasteiger partial charge in [-0.3, -0.25) is 4.79 Å². The van der Waals surface area contributed by atoms with E-state index >= 15 is 0 Å². The number of aromatic hydroxyl groups is 1. The number of aliphatic hydroxyl groups is 1. The van der Waals surface area contributed by atoms with E-state index in [1.165, 1.54) is 25.3 Å². The number of aliphatic hydroxyl groups excluding tert-OH is 1. The highest BCUT2D eigenvalue weighted by atomic mass is 16.5. The number of hydrogen-bond donors (Lipinski definition) is 3. The molecule has 28 heavy (non-hydrogen) atoms. The van der Waals surface area contributed by atoms with Crippen molar-refractivity contribution >= 4 is 11.9 Å². The van der Waals surface area contributed by atoms with E-state index in [2.05, 4.69) is 5.32 Å². The van der Waals surface area contributed by atoms with Gasteiger partial charge in [-0.2, -0.15) is 0 Å². The second kappa shape index (κ2) is 10.8. The van der Waals surface area contributed by atoms with Crippen molar-refractivity contribution in [2.45, 2.75) is 70.4 Å². The van der Waals surface area contributed by atoms with Gasteiger partial charge in [-0.1, -0.05) is 25.1 Å². The highest BCUT2D eigenvalue weighted by Crippen LogP contribution is 2.27. The van der Waals surface area contributed by atoms with Gasteiger partial charge in [0.05, 0.1) is 18.3 Å². The number of carbonyl (C=O) groups is 2. The van der Waals surface area contributed by atoms with Crippen LogP contribution in [0.15, 0.2) is 36.5 Å². The molecular weight excluding hydrogens is 362 g/mol. The maximum Gasteiger partial charge on any atom is 0.342 e. The first-order valence-electron chi connectivity index (χ1n) is 9.63. The lowest BCUT2D eigenvalue weighted by Gasteiger charge is -2.34. The summed E-state index contributed by atoms with van der Waals surface area (Å²) in [7, 11) is 0. The zero-order valence-electron chi connectivity index (χ0n) is 16.3. The van der Waals surface area contributed by atoms with Crippen LogP contribution in [0.2, 0.25) is 0 Å². The predicted octanol–water partition coefficient (Wildman–Crippen LogP) is 2.67. The number of ether oxygens (including phenoxy) is 2. The summed E-state index contributed by atoms with van der Waals surface area (Å²) in [4.78, 5) is 23.5. The second-order valence-electron chi connectivity index (χ2n) is 7.03. The molecule has 0 aliphatic carbocycles. The first kappa shape index (κ1) is 21.9. The lowest BCUT2D eigenvalue weighted by molar-refractivity contribution is -0.118. The number of nitrogens with one attached hydrogen (secondary N) is 1. The molecule has 2 rings (SSSR count).